The number of nitrogens with zero attached hydrogens (tertiary/aromatic N) is 11. The standard InChI is InChI=1S/C26H26ClN7O2.C18H15ClN6O.C8H12ClNO/c1-31(18-9-10-18)15-3-4-22(35)32(2)19-11-13-21(14-12-19)34-25-23(24(28)29-16-30-25)33(26(34)36)20-7-5-17(27)6-8-20;1-21-12-4-8-14(9-5-12)25-17-15(16(20)22-10-23-17)24(18(25)26)13-6-2-11(19)3-7-13;1-10(7-4-5-7)6-2-3-8(9)11/h3-8,11-14,16,18H,9-10,15H2,1-2H3,(H2,28,29,30);2-10,21H,1H3,(H2,20,22,23);2-3,7H,4-6H2,1H3/b4-3+;;3-2+. The van der Waals surface area contributed by atoms with Gasteiger partial charge in [-0.05, 0) is 155 Å². The summed E-state index contributed by atoms with van der Waals surface area (Å²) < 4.78 is 5.95. The molecule has 2 aliphatic rings. The highest BCUT2D eigenvalue weighted by atomic mass is 35.5. The first kappa shape index (κ1) is 51.7. The minimum absolute atomic E-state index is 0.121. The summed E-state index contributed by atoms with van der Waals surface area (Å²) in [6.45, 7) is 1.57. The Morgan fingerprint density at radius 1 is 0.603 bits per heavy atom. The van der Waals surface area contributed by atoms with E-state index < -0.39 is 5.24 Å². The zero-order valence-electron chi connectivity index (χ0n) is 40.4. The number of aromatic nitrogens is 8. The Bertz CT molecular complexity index is 3430. The fourth-order valence-corrected chi connectivity index (χ4v) is 8.36. The van der Waals surface area contributed by atoms with Crippen LogP contribution in [0.5, 0.6) is 0 Å². The Morgan fingerprint density at radius 2 is 0.986 bits per heavy atom. The number of anilines is 4. The van der Waals surface area contributed by atoms with E-state index in [9.17, 15) is 19.2 Å². The number of hydrogen-bond donors (Lipinski definition) is 3. The van der Waals surface area contributed by atoms with Crippen LogP contribution in [0.3, 0.4) is 0 Å². The van der Waals surface area contributed by atoms with Crippen molar-refractivity contribution in [2.24, 2.45) is 0 Å². The van der Waals surface area contributed by atoms with Crippen LogP contribution in [0.1, 0.15) is 25.7 Å². The van der Waals surface area contributed by atoms with Gasteiger partial charge in [-0.2, -0.15) is 0 Å². The zero-order valence-corrected chi connectivity index (χ0v) is 42.7. The van der Waals surface area contributed by atoms with Crippen molar-refractivity contribution in [3.05, 3.63) is 165 Å². The number of halogens is 3. The molecule has 0 atom stereocenters. The molecule has 4 aromatic carbocycles. The lowest BCUT2D eigenvalue weighted by molar-refractivity contribution is -0.114. The first-order valence-electron chi connectivity index (χ1n) is 23.2. The molecule has 2 saturated carbocycles. The zero-order chi connectivity index (χ0) is 51.9. The van der Waals surface area contributed by atoms with Crippen molar-refractivity contribution in [3.63, 3.8) is 0 Å². The SMILES string of the molecule is CN(C(=O)/C=C/CN(C)C1CC1)c1ccc(-n2c(=O)n(-c3ccc(Cl)cc3)c3c(N)ncnc32)cc1.CN(C/C=C/C(=O)Cl)C1CC1.CNc1ccc(-n2c(=O)n(-c3ccc(Cl)cc3)c3c(N)ncnc32)cc1. The summed E-state index contributed by atoms with van der Waals surface area (Å²) in [6.07, 6.45) is 14.4. The number of allylic oxidation sites excluding steroid dienone is 1. The third-order valence-electron chi connectivity index (χ3n) is 12.3. The van der Waals surface area contributed by atoms with Crippen molar-refractivity contribution >= 4 is 91.3 Å². The van der Waals surface area contributed by atoms with Gasteiger partial charge < -0.3 is 21.7 Å². The number of hydrogen-bond acceptors (Lipinski definition) is 13. The second-order valence-corrected chi connectivity index (χ2v) is 18.6. The maximum Gasteiger partial charge on any atom is 0.339 e. The van der Waals surface area contributed by atoms with Gasteiger partial charge in [0.1, 0.15) is 23.7 Å². The van der Waals surface area contributed by atoms with Gasteiger partial charge >= 0.3 is 11.4 Å². The molecule has 2 fully saturated rings. The summed E-state index contributed by atoms with van der Waals surface area (Å²) in [4.78, 5) is 72.5. The molecule has 0 aliphatic heterocycles. The van der Waals surface area contributed by atoms with Gasteiger partial charge in [-0.3, -0.25) is 28.5 Å². The highest BCUT2D eigenvalue weighted by Crippen LogP contribution is 2.28. The molecule has 8 aromatic rings. The van der Waals surface area contributed by atoms with Gasteiger partial charge in [-0.15, -0.1) is 0 Å². The number of likely N-dealkylation sites (N-methyl/N-ethyl adjacent to an activating group) is 3. The third-order valence-corrected chi connectivity index (χ3v) is 13.0. The molecule has 18 nitrogen and oxygen atoms in total. The van der Waals surface area contributed by atoms with Gasteiger partial charge in [0.2, 0.25) is 11.1 Å². The molecule has 0 saturated heterocycles. The Balaban J connectivity index is 0.000000167. The highest BCUT2D eigenvalue weighted by Gasteiger charge is 2.26. The van der Waals surface area contributed by atoms with Crippen LogP contribution in [0.2, 0.25) is 10.0 Å². The molecular weight excluding hydrogens is 991 g/mol. The second-order valence-electron chi connectivity index (χ2n) is 17.4. The van der Waals surface area contributed by atoms with Crippen molar-refractivity contribution < 1.29 is 9.59 Å². The number of amides is 1. The third kappa shape index (κ3) is 12.0. The molecule has 4 heterocycles. The number of carbonyl (C=O) groups is 2. The fraction of sp³-hybridized carbons (Fsp3) is 0.231. The maximum absolute atomic E-state index is 13.6. The number of imidazole rings is 2. The average Bonchev–Trinajstić information content (AvgIpc) is 4.34. The lowest BCUT2D eigenvalue weighted by Gasteiger charge is -2.16. The van der Waals surface area contributed by atoms with E-state index in [0.29, 0.717) is 66.9 Å². The average molecular weight is 1040 g/mol. The van der Waals surface area contributed by atoms with E-state index >= 15 is 0 Å². The lowest BCUT2D eigenvalue weighted by Crippen LogP contribution is -2.25. The summed E-state index contributed by atoms with van der Waals surface area (Å²) in [5.74, 6) is 0.295. The van der Waals surface area contributed by atoms with Gasteiger partial charge in [0.25, 0.3) is 0 Å². The molecule has 1 amide bonds. The summed E-state index contributed by atoms with van der Waals surface area (Å²) >= 11 is 17.1. The quantitative estimate of drug-likeness (QED) is 0.0706. The van der Waals surface area contributed by atoms with E-state index in [1.165, 1.54) is 62.7 Å². The predicted molar refractivity (Wildman–Crippen MR) is 291 cm³/mol. The van der Waals surface area contributed by atoms with Crippen LogP contribution in [0.4, 0.5) is 23.0 Å². The minimum atomic E-state index is -0.394. The lowest BCUT2D eigenvalue weighted by atomic mass is 10.2. The van der Waals surface area contributed by atoms with E-state index in [1.54, 1.807) is 96.9 Å². The van der Waals surface area contributed by atoms with Gasteiger partial charge in [0.05, 0.1) is 22.7 Å². The number of carbonyl (C=O) groups excluding carboxylic acids is 2. The summed E-state index contributed by atoms with van der Waals surface area (Å²) in [5, 5.41) is 3.79. The smallest absolute Gasteiger partial charge is 0.339 e. The second kappa shape index (κ2) is 22.9. The van der Waals surface area contributed by atoms with Crippen LogP contribution < -0.4 is 33.1 Å². The molecule has 10 rings (SSSR count). The van der Waals surface area contributed by atoms with Gasteiger partial charge in [0.15, 0.2) is 22.9 Å². The Morgan fingerprint density at radius 3 is 1.38 bits per heavy atom. The molecule has 376 valence electrons. The molecule has 21 heteroatoms. The highest BCUT2D eigenvalue weighted by molar-refractivity contribution is 6.66. The number of nitrogens with one attached hydrogen (secondary N) is 1. The number of benzene rings is 4. The molecule has 0 unspecified atom stereocenters. The van der Waals surface area contributed by atoms with E-state index in [-0.39, 0.29) is 28.9 Å². The molecule has 4 aromatic heterocycles. The normalized spacial score (nSPS) is 13.4. The van der Waals surface area contributed by atoms with Crippen molar-refractivity contribution in [1.29, 1.82) is 0 Å². The van der Waals surface area contributed by atoms with Crippen LogP contribution in [-0.4, -0.2) is 113 Å². The molecular formula is C52H53Cl3N14O4. The molecule has 73 heavy (non-hydrogen) atoms. The van der Waals surface area contributed by atoms with Crippen molar-refractivity contribution in [2.75, 3.05) is 63.0 Å². The first-order valence-corrected chi connectivity index (χ1v) is 24.4. The molecule has 0 radical (unpaired) electrons. The van der Waals surface area contributed by atoms with Gasteiger partial charge in [0, 0.05) is 66.8 Å². The van der Waals surface area contributed by atoms with Gasteiger partial charge in [-0.1, -0.05) is 35.4 Å². The Hall–Kier alpha value is -7.61. The van der Waals surface area contributed by atoms with Crippen LogP contribution in [-0.2, 0) is 9.59 Å². The Kier molecular flexibility index (Phi) is 16.2. The van der Waals surface area contributed by atoms with Crippen LogP contribution in [0, 0.1) is 0 Å². The minimum Gasteiger partial charge on any atom is -0.388 e. The first-order chi connectivity index (χ1) is 35.1. The van der Waals surface area contributed by atoms with Crippen molar-refractivity contribution in [3.8, 4) is 22.7 Å². The number of rotatable bonds is 14. The molecule has 0 bridgehead atoms. The molecule has 2 aliphatic carbocycles. The summed E-state index contributed by atoms with van der Waals surface area (Å²) in [5.41, 5.74) is 17.4. The Labute approximate surface area is 435 Å². The number of nitrogens with two attached hydrogens (primary N) is 2. The van der Waals surface area contributed by atoms with Gasteiger partial charge in [-0.25, -0.2) is 38.7 Å². The van der Waals surface area contributed by atoms with Crippen LogP contribution in [0.15, 0.2) is 144 Å². The largest absolute Gasteiger partial charge is 0.388 e. The van der Waals surface area contributed by atoms with Crippen LogP contribution >= 0.6 is 34.8 Å². The summed E-state index contributed by atoms with van der Waals surface area (Å²) in [6, 6.07) is 29.8. The van der Waals surface area contributed by atoms with Crippen LogP contribution in [0.25, 0.3) is 45.1 Å². The number of fused-ring (bicyclic) bond motifs is 2. The number of nitrogen functional groups attached to an aromatic ring is 2. The van der Waals surface area contributed by atoms with E-state index in [2.05, 4.69) is 49.1 Å². The van der Waals surface area contributed by atoms with Crippen molar-refractivity contribution in [2.45, 2.75) is 37.8 Å². The topological polar surface area (TPSA) is 213 Å². The van der Waals surface area contributed by atoms with E-state index in [1.807, 2.05) is 37.4 Å². The molecule has 0 spiro atoms. The fourth-order valence-electron chi connectivity index (χ4n) is 8.02. The van der Waals surface area contributed by atoms with E-state index in [0.717, 1.165) is 24.8 Å². The summed E-state index contributed by atoms with van der Waals surface area (Å²) in [7, 11) is 7.68. The molecule has 5 N–H and O–H groups in total. The predicted octanol–water partition coefficient (Wildman–Crippen LogP) is 7.67. The van der Waals surface area contributed by atoms with E-state index in [4.69, 9.17) is 46.3 Å². The maximum atomic E-state index is 13.6. The monoisotopic (exact) mass is 1040 g/mol. The van der Waals surface area contributed by atoms with Crippen molar-refractivity contribution in [1.82, 2.24) is 48.0 Å².